The lowest BCUT2D eigenvalue weighted by Crippen LogP contribution is -2.25. The van der Waals surface area contributed by atoms with E-state index in [0.717, 1.165) is 12.2 Å². The zero-order valence-corrected chi connectivity index (χ0v) is 10.6. The van der Waals surface area contributed by atoms with Crippen LogP contribution in [0.5, 0.6) is 5.75 Å². The molecule has 1 saturated carbocycles. The lowest BCUT2D eigenvalue weighted by molar-refractivity contribution is 0.405. The molecular formula is C15H21NO. The number of hydrogen-bond acceptors (Lipinski definition) is 2. The van der Waals surface area contributed by atoms with Crippen LogP contribution in [0, 0.1) is 0 Å². The summed E-state index contributed by atoms with van der Waals surface area (Å²) in [6.45, 7) is 0. The van der Waals surface area contributed by atoms with Gasteiger partial charge in [0.1, 0.15) is 5.75 Å². The molecule has 3 rings (SSSR count). The molecule has 17 heavy (non-hydrogen) atoms. The number of fused-ring (bicyclic) bond motifs is 1. The van der Waals surface area contributed by atoms with Gasteiger partial charge >= 0.3 is 0 Å². The van der Waals surface area contributed by atoms with E-state index in [9.17, 15) is 0 Å². The van der Waals surface area contributed by atoms with Crippen molar-refractivity contribution in [2.24, 2.45) is 5.73 Å². The van der Waals surface area contributed by atoms with Crippen LogP contribution in [-0.2, 0) is 19.3 Å². The summed E-state index contributed by atoms with van der Waals surface area (Å²) in [4.78, 5) is 0. The molecular weight excluding hydrogens is 210 g/mol. The Kier molecular flexibility index (Phi) is 2.62. The number of methoxy groups -OCH3 is 1. The molecule has 2 heteroatoms. The monoisotopic (exact) mass is 231 g/mol. The first-order valence-electron chi connectivity index (χ1n) is 6.68. The van der Waals surface area contributed by atoms with Crippen molar-refractivity contribution in [3.63, 3.8) is 0 Å². The summed E-state index contributed by atoms with van der Waals surface area (Å²) in [5, 5.41) is 0. The van der Waals surface area contributed by atoms with Crippen LogP contribution >= 0.6 is 0 Å². The van der Waals surface area contributed by atoms with E-state index in [4.69, 9.17) is 10.5 Å². The Balaban J connectivity index is 1.98. The first-order chi connectivity index (χ1) is 8.22. The Morgan fingerprint density at radius 1 is 1.18 bits per heavy atom. The van der Waals surface area contributed by atoms with Gasteiger partial charge in [-0.3, -0.25) is 0 Å². The fraction of sp³-hybridized carbons (Fsp3) is 0.600. The molecule has 0 amide bonds. The van der Waals surface area contributed by atoms with Crippen LogP contribution in [0.2, 0.25) is 0 Å². The number of ether oxygens (including phenoxy) is 1. The van der Waals surface area contributed by atoms with E-state index < -0.39 is 0 Å². The molecule has 0 bridgehead atoms. The van der Waals surface area contributed by atoms with Gasteiger partial charge in [-0.1, -0.05) is 6.07 Å². The lowest BCUT2D eigenvalue weighted by atomic mass is 9.85. The molecule has 0 unspecified atom stereocenters. The molecule has 0 radical (unpaired) electrons. The molecule has 0 spiro atoms. The van der Waals surface area contributed by atoms with E-state index in [1.807, 2.05) is 0 Å². The molecule has 0 saturated heterocycles. The van der Waals surface area contributed by atoms with Gasteiger partial charge in [0.25, 0.3) is 0 Å². The summed E-state index contributed by atoms with van der Waals surface area (Å²) < 4.78 is 5.48. The highest BCUT2D eigenvalue weighted by Crippen LogP contribution is 2.39. The fourth-order valence-corrected chi connectivity index (χ4v) is 2.98. The molecule has 92 valence electrons. The summed E-state index contributed by atoms with van der Waals surface area (Å²) in [7, 11) is 1.77. The van der Waals surface area contributed by atoms with Gasteiger partial charge in [0.05, 0.1) is 7.11 Å². The van der Waals surface area contributed by atoms with Crippen molar-refractivity contribution < 1.29 is 4.74 Å². The zero-order chi connectivity index (χ0) is 11.9. The van der Waals surface area contributed by atoms with Gasteiger partial charge in [0.15, 0.2) is 0 Å². The van der Waals surface area contributed by atoms with Crippen molar-refractivity contribution in [3.05, 3.63) is 28.8 Å². The largest absolute Gasteiger partial charge is 0.496 e. The van der Waals surface area contributed by atoms with Gasteiger partial charge in [-0.25, -0.2) is 0 Å². The van der Waals surface area contributed by atoms with Crippen LogP contribution < -0.4 is 10.5 Å². The minimum absolute atomic E-state index is 0.111. The lowest BCUT2D eigenvalue weighted by Gasteiger charge is -2.23. The third kappa shape index (κ3) is 2.06. The minimum Gasteiger partial charge on any atom is -0.496 e. The zero-order valence-electron chi connectivity index (χ0n) is 10.6. The molecule has 0 heterocycles. The first-order valence-corrected chi connectivity index (χ1v) is 6.68. The van der Waals surface area contributed by atoms with E-state index in [1.165, 1.54) is 55.2 Å². The summed E-state index contributed by atoms with van der Waals surface area (Å²) in [5.41, 5.74) is 10.8. The number of hydrogen-bond donors (Lipinski definition) is 1. The molecule has 0 aromatic heterocycles. The van der Waals surface area contributed by atoms with Crippen LogP contribution in [-0.4, -0.2) is 12.6 Å². The van der Waals surface area contributed by atoms with Crippen molar-refractivity contribution >= 4 is 0 Å². The maximum atomic E-state index is 6.25. The van der Waals surface area contributed by atoms with Gasteiger partial charge in [-0.2, -0.15) is 0 Å². The SMILES string of the molecule is COc1ccc(CC2(N)CC2)c2c1CCCC2. The van der Waals surface area contributed by atoms with Crippen molar-refractivity contribution in [3.8, 4) is 5.75 Å². The van der Waals surface area contributed by atoms with E-state index >= 15 is 0 Å². The number of rotatable bonds is 3. The summed E-state index contributed by atoms with van der Waals surface area (Å²) in [5.74, 6) is 1.07. The molecule has 1 aromatic rings. The fourth-order valence-electron chi connectivity index (χ4n) is 2.98. The standard InChI is InChI=1S/C15H21NO/c1-17-14-7-6-11(10-15(16)8-9-15)12-4-2-3-5-13(12)14/h6-7H,2-5,8-10,16H2,1H3. The first kappa shape index (κ1) is 11.1. The van der Waals surface area contributed by atoms with Crippen molar-refractivity contribution in [1.29, 1.82) is 0 Å². The van der Waals surface area contributed by atoms with E-state index in [2.05, 4.69) is 12.1 Å². The summed E-state index contributed by atoms with van der Waals surface area (Å²) in [6.07, 6.45) is 8.41. The van der Waals surface area contributed by atoms with E-state index in [-0.39, 0.29) is 5.54 Å². The molecule has 2 aliphatic rings. The maximum Gasteiger partial charge on any atom is 0.122 e. The molecule has 1 aromatic carbocycles. The van der Waals surface area contributed by atoms with Crippen LogP contribution in [0.25, 0.3) is 0 Å². The van der Waals surface area contributed by atoms with Gasteiger partial charge in [0.2, 0.25) is 0 Å². The minimum atomic E-state index is 0.111. The van der Waals surface area contributed by atoms with E-state index in [0.29, 0.717) is 0 Å². The number of benzene rings is 1. The highest BCUT2D eigenvalue weighted by Gasteiger charge is 2.38. The van der Waals surface area contributed by atoms with E-state index in [1.54, 1.807) is 7.11 Å². The number of nitrogens with two attached hydrogens (primary N) is 1. The van der Waals surface area contributed by atoms with Gasteiger partial charge in [-0.05, 0) is 67.7 Å². The summed E-state index contributed by atoms with van der Waals surface area (Å²) >= 11 is 0. The third-order valence-corrected chi connectivity index (χ3v) is 4.24. The Morgan fingerprint density at radius 3 is 2.53 bits per heavy atom. The molecule has 1 fully saturated rings. The molecule has 2 aliphatic carbocycles. The predicted octanol–water partition coefficient (Wildman–Crippen LogP) is 2.61. The Hall–Kier alpha value is -1.02. The second-order valence-corrected chi connectivity index (χ2v) is 5.63. The van der Waals surface area contributed by atoms with Crippen molar-refractivity contribution in [1.82, 2.24) is 0 Å². The topological polar surface area (TPSA) is 35.2 Å². The van der Waals surface area contributed by atoms with Crippen LogP contribution in [0.15, 0.2) is 12.1 Å². The maximum absolute atomic E-state index is 6.25. The van der Waals surface area contributed by atoms with Crippen LogP contribution in [0.4, 0.5) is 0 Å². The quantitative estimate of drug-likeness (QED) is 0.868. The molecule has 0 atom stereocenters. The highest BCUT2D eigenvalue weighted by atomic mass is 16.5. The normalized spacial score (nSPS) is 20.8. The van der Waals surface area contributed by atoms with Crippen molar-refractivity contribution in [2.45, 2.75) is 50.5 Å². The summed E-state index contributed by atoms with van der Waals surface area (Å²) in [6, 6.07) is 4.36. The smallest absolute Gasteiger partial charge is 0.122 e. The Labute approximate surface area is 103 Å². The Morgan fingerprint density at radius 2 is 1.88 bits per heavy atom. The van der Waals surface area contributed by atoms with Crippen molar-refractivity contribution in [2.75, 3.05) is 7.11 Å². The van der Waals surface area contributed by atoms with Crippen LogP contribution in [0.3, 0.4) is 0 Å². The molecule has 2 nitrogen and oxygen atoms in total. The van der Waals surface area contributed by atoms with Gasteiger partial charge in [-0.15, -0.1) is 0 Å². The molecule has 0 aliphatic heterocycles. The third-order valence-electron chi connectivity index (χ3n) is 4.24. The van der Waals surface area contributed by atoms with Crippen LogP contribution in [0.1, 0.15) is 42.4 Å². The Bertz CT molecular complexity index is 435. The molecule has 2 N–H and O–H groups in total. The second kappa shape index (κ2) is 4.02. The van der Waals surface area contributed by atoms with Gasteiger partial charge in [0, 0.05) is 5.54 Å². The average Bonchev–Trinajstić information content (AvgIpc) is 3.08. The highest BCUT2D eigenvalue weighted by molar-refractivity contribution is 5.47. The average molecular weight is 231 g/mol. The van der Waals surface area contributed by atoms with Gasteiger partial charge < -0.3 is 10.5 Å². The second-order valence-electron chi connectivity index (χ2n) is 5.63. The predicted molar refractivity (Wildman–Crippen MR) is 69.5 cm³/mol.